The molecule has 0 unspecified atom stereocenters. The van der Waals surface area contributed by atoms with Crippen molar-refractivity contribution in [3.05, 3.63) is 48.0 Å². The third kappa shape index (κ3) is 3.18. The van der Waals surface area contributed by atoms with Gasteiger partial charge in [-0.1, -0.05) is 6.07 Å². The Kier molecular flexibility index (Phi) is 4.27. The van der Waals surface area contributed by atoms with Crippen LogP contribution < -0.4 is 4.74 Å². The van der Waals surface area contributed by atoms with Gasteiger partial charge in [-0.3, -0.25) is 9.59 Å². The molecular formula is C16H17N3O4. The van der Waals surface area contributed by atoms with Crippen molar-refractivity contribution in [3.8, 4) is 5.88 Å². The van der Waals surface area contributed by atoms with Crippen LogP contribution in [0.1, 0.15) is 21.0 Å². The van der Waals surface area contributed by atoms with E-state index in [2.05, 4.69) is 4.98 Å². The number of rotatable bonds is 3. The largest absolute Gasteiger partial charge is 0.481 e. The Bertz CT molecular complexity index is 691. The van der Waals surface area contributed by atoms with Crippen molar-refractivity contribution in [1.82, 2.24) is 14.8 Å². The number of furan rings is 1. The van der Waals surface area contributed by atoms with E-state index < -0.39 is 0 Å². The lowest BCUT2D eigenvalue weighted by molar-refractivity contribution is 0.0515. The van der Waals surface area contributed by atoms with E-state index in [0.29, 0.717) is 43.5 Å². The second-order valence-electron chi connectivity index (χ2n) is 5.13. The van der Waals surface area contributed by atoms with Crippen LogP contribution in [-0.2, 0) is 0 Å². The number of carbonyl (C=O) groups excluding carboxylic acids is 2. The van der Waals surface area contributed by atoms with Gasteiger partial charge in [0.25, 0.3) is 11.8 Å². The maximum atomic E-state index is 12.5. The van der Waals surface area contributed by atoms with E-state index in [-0.39, 0.29) is 11.8 Å². The molecule has 0 atom stereocenters. The highest BCUT2D eigenvalue weighted by Gasteiger charge is 2.27. The number of hydrogen-bond acceptors (Lipinski definition) is 5. The summed E-state index contributed by atoms with van der Waals surface area (Å²) in [6.07, 6.45) is 1.47. The molecule has 7 heteroatoms. The number of piperazine rings is 1. The van der Waals surface area contributed by atoms with Gasteiger partial charge < -0.3 is 19.0 Å². The fourth-order valence-electron chi connectivity index (χ4n) is 2.48. The normalized spacial score (nSPS) is 14.7. The summed E-state index contributed by atoms with van der Waals surface area (Å²) in [7, 11) is 1.51. The van der Waals surface area contributed by atoms with E-state index in [1.165, 1.54) is 13.4 Å². The quantitative estimate of drug-likeness (QED) is 0.853. The zero-order valence-electron chi connectivity index (χ0n) is 12.8. The van der Waals surface area contributed by atoms with Gasteiger partial charge in [-0.15, -0.1) is 0 Å². The highest BCUT2D eigenvalue weighted by Crippen LogP contribution is 2.13. The molecule has 7 nitrogen and oxygen atoms in total. The molecule has 2 amide bonds. The average Bonchev–Trinajstić information content (AvgIpc) is 3.15. The van der Waals surface area contributed by atoms with Crippen LogP contribution in [0.2, 0.25) is 0 Å². The van der Waals surface area contributed by atoms with Crippen molar-refractivity contribution in [2.75, 3.05) is 33.3 Å². The van der Waals surface area contributed by atoms with Gasteiger partial charge in [-0.2, -0.15) is 0 Å². The minimum Gasteiger partial charge on any atom is -0.481 e. The first-order valence-electron chi connectivity index (χ1n) is 7.32. The van der Waals surface area contributed by atoms with Crippen molar-refractivity contribution >= 4 is 11.8 Å². The molecule has 1 saturated heterocycles. The van der Waals surface area contributed by atoms with E-state index in [1.807, 2.05) is 0 Å². The van der Waals surface area contributed by atoms with Crippen molar-refractivity contribution in [2.24, 2.45) is 0 Å². The van der Waals surface area contributed by atoms with Crippen molar-refractivity contribution in [1.29, 1.82) is 0 Å². The van der Waals surface area contributed by atoms with Gasteiger partial charge in [0.15, 0.2) is 5.76 Å². The molecule has 0 aliphatic carbocycles. The summed E-state index contributed by atoms with van der Waals surface area (Å²) in [6, 6.07) is 8.40. The monoisotopic (exact) mass is 315 g/mol. The zero-order chi connectivity index (χ0) is 16.2. The highest BCUT2D eigenvalue weighted by molar-refractivity contribution is 5.93. The van der Waals surface area contributed by atoms with Crippen LogP contribution >= 0.6 is 0 Å². The Balaban J connectivity index is 1.62. The first-order valence-corrected chi connectivity index (χ1v) is 7.32. The molecule has 3 heterocycles. The van der Waals surface area contributed by atoms with Crippen molar-refractivity contribution < 1.29 is 18.7 Å². The van der Waals surface area contributed by atoms with Crippen LogP contribution in [0.5, 0.6) is 5.88 Å². The molecule has 0 spiro atoms. The first kappa shape index (κ1) is 15.1. The summed E-state index contributed by atoms with van der Waals surface area (Å²) in [5.74, 6) is 0.414. The van der Waals surface area contributed by atoms with Crippen LogP contribution in [0.25, 0.3) is 0 Å². The Labute approximate surface area is 133 Å². The van der Waals surface area contributed by atoms with E-state index >= 15 is 0 Å². The van der Waals surface area contributed by atoms with Gasteiger partial charge in [0.1, 0.15) is 5.69 Å². The molecule has 0 radical (unpaired) electrons. The average molecular weight is 315 g/mol. The lowest BCUT2D eigenvalue weighted by Gasteiger charge is -2.34. The number of hydrogen-bond donors (Lipinski definition) is 0. The van der Waals surface area contributed by atoms with Crippen molar-refractivity contribution in [3.63, 3.8) is 0 Å². The molecule has 0 aromatic carbocycles. The SMILES string of the molecule is COc1cccc(C(=O)N2CCN(C(=O)c3ccco3)CC2)n1. The maximum absolute atomic E-state index is 12.5. The Morgan fingerprint density at radius 1 is 1.04 bits per heavy atom. The predicted octanol–water partition coefficient (Wildman–Crippen LogP) is 1.28. The minimum atomic E-state index is -0.158. The Morgan fingerprint density at radius 3 is 2.35 bits per heavy atom. The summed E-state index contributed by atoms with van der Waals surface area (Å²) < 4.78 is 10.2. The molecule has 3 rings (SSSR count). The fraction of sp³-hybridized carbons (Fsp3) is 0.312. The molecular weight excluding hydrogens is 298 g/mol. The molecule has 0 saturated carbocycles. The number of pyridine rings is 1. The third-order valence-electron chi connectivity index (χ3n) is 3.74. The first-order chi connectivity index (χ1) is 11.2. The molecule has 0 N–H and O–H groups in total. The minimum absolute atomic E-state index is 0.151. The fourth-order valence-corrected chi connectivity index (χ4v) is 2.48. The topological polar surface area (TPSA) is 75.9 Å². The molecule has 2 aromatic rings. The van der Waals surface area contributed by atoms with E-state index in [9.17, 15) is 9.59 Å². The van der Waals surface area contributed by atoms with Crippen LogP contribution in [0.15, 0.2) is 41.0 Å². The highest BCUT2D eigenvalue weighted by atomic mass is 16.5. The molecule has 1 fully saturated rings. The number of aromatic nitrogens is 1. The molecule has 23 heavy (non-hydrogen) atoms. The summed E-state index contributed by atoms with van der Waals surface area (Å²) in [5.41, 5.74) is 0.343. The summed E-state index contributed by atoms with van der Waals surface area (Å²) in [5, 5.41) is 0. The zero-order valence-corrected chi connectivity index (χ0v) is 12.8. The lowest BCUT2D eigenvalue weighted by Crippen LogP contribution is -2.50. The van der Waals surface area contributed by atoms with Crippen LogP contribution in [0.3, 0.4) is 0 Å². The lowest BCUT2D eigenvalue weighted by atomic mass is 10.2. The number of ether oxygens (including phenoxy) is 1. The standard InChI is InChI=1S/C16H17N3O4/c1-22-14-6-2-4-12(17-14)15(20)18-7-9-19(10-8-18)16(21)13-5-3-11-23-13/h2-6,11H,7-10H2,1H3. The van der Waals surface area contributed by atoms with Gasteiger partial charge >= 0.3 is 0 Å². The number of methoxy groups -OCH3 is 1. The molecule has 0 bridgehead atoms. The predicted molar refractivity (Wildman–Crippen MR) is 81.3 cm³/mol. The third-order valence-corrected chi connectivity index (χ3v) is 3.74. The summed E-state index contributed by atoms with van der Waals surface area (Å²) in [4.78, 5) is 32.2. The Hall–Kier alpha value is -2.83. The van der Waals surface area contributed by atoms with Crippen molar-refractivity contribution in [2.45, 2.75) is 0 Å². The smallest absolute Gasteiger partial charge is 0.289 e. The molecule has 1 aliphatic heterocycles. The van der Waals surface area contributed by atoms with Crippen LogP contribution in [0, 0.1) is 0 Å². The maximum Gasteiger partial charge on any atom is 0.289 e. The van der Waals surface area contributed by atoms with Gasteiger partial charge in [0, 0.05) is 32.2 Å². The second kappa shape index (κ2) is 6.51. The van der Waals surface area contributed by atoms with Gasteiger partial charge in [0.2, 0.25) is 5.88 Å². The van der Waals surface area contributed by atoms with Gasteiger partial charge in [-0.05, 0) is 18.2 Å². The Morgan fingerprint density at radius 2 is 1.74 bits per heavy atom. The van der Waals surface area contributed by atoms with E-state index in [0.717, 1.165) is 0 Å². The number of amides is 2. The van der Waals surface area contributed by atoms with Crippen LogP contribution in [0.4, 0.5) is 0 Å². The summed E-state index contributed by atoms with van der Waals surface area (Å²) in [6.45, 7) is 1.86. The molecule has 2 aromatic heterocycles. The van der Waals surface area contributed by atoms with Gasteiger partial charge in [0.05, 0.1) is 13.4 Å². The summed E-state index contributed by atoms with van der Waals surface area (Å²) >= 11 is 0. The van der Waals surface area contributed by atoms with Gasteiger partial charge in [-0.25, -0.2) is 4.98 Å². The van der Waals surface area contributed by atoms with Crippen LogP contribution in [-0.4, -0.2) is 59.9 Å². The second-order valence-corrected chi connectivity index (χ2v) is 5.13. The number of carbonyl (C=O) groups is 2. The number of nitrogens with zero attached hydrogens (tertiary/aromatic N) is 3. The van der Waals surface area contributed by atoms with E-state index in [4.69, 9.17) is 9.15 Å². The molecule has 120 valence electrons. The van der Waals surface area contributed by atoms with E-state index in [1.54, 1.807) is 40.1 Å². The molecule has 1 aliphatic rings.